The van der Waals surface area contributed by atoms with E-state index in [1.54, 1.807) is 0 Å². The van der Waals surface area contributed by atoms with Gasteiger partial charge in [-0.25, -0.2) is 9.97 Å². The molecule has 7 nitrogen and oxygen atoms in total. The van der Waals surface area contributed by atoms with E-state index in [0.29, 0.717) is 12.1 Å². The van der Waals surface area contributed by atoms with Gasteiger partial charge in [0.2, 0.25) is 0 Å². The molecule has 7 heteroatoms. The van der Waals surface area contributed by atoms with Crippen molar-refractivity contribution in [2.75, 3.05) is 13.1 Å². The predicted octanol–water partition coefficient (Wildman–Crippen LogP) is 5.77. The normalized spacial score (nSPS) is 20.0. The molecule has 2 atom stereocenters. The smallest absolute Gasteiger partial charge is 0.123 e. The van der Waals surface area contributed by atoms with Gasteiger partial charge >= 0.3 is 0 Å². The maximum atomic E-state index is 4.69. The molecule has 2 unspecified atom stereocenters. The van der Waals surface area contributed by atoms with Crippen molar-refractivity contribution in [3.63, 3.8) is 0 Å². The molecule has 5 aromatic rings. The summed E-state index contributed by atoms with van der Waals surface area (Å²) in [6, 6.07) is 16.1. The highest BCUT2D eigenvalue weighted by Crippen LogP contribution is 2.36. The van der Waals surface area contributed by atoms with E-state index in [1.807, 2.05) is 12.4 Å². The molecule has 182 valence electrons. The van der Waals surface area contributed by atoms with Gasteiger partial charge in [-0.2, -0.15) is 0 Å². The minimum atomic E-state index is 0.331. The monoisotopic (exact) mass is 477 g/mol. The van der Waals surface area contributed by atoms with Gasteiger partial charge in [-0.15, -0.1) is 0 Å². The van der Waals surface area contributed by atoms with Crippen molar-refractivity contribution in [3.05, 3.63) is 72.2 Å². The Morgan fingerprint density at radius 2 is 1.31 bits per heavy atom. The van der Waals surface area contributed by atoms with Crippen LogP contribution in [0.25, 0.3) is 44.5 Å². The summed E-state index contributed by atoms with van der Waals surface area (Å²) in [5.74, 6) is 2.07. The number of aromatic nitrogens is 5. The highest BCUT2D eigenvalue weighted by molar-refractivity contribution is 6.03. The van der Waals surface area contributed by atoms with Crippen LogP contribution >= 0.6 is 0 Å². The van der Waals surface area contributed by atoms with E-state index in [4.69, 9.17) is 4.98 Å². The summed E-state index contributed by atoms with van der Waals surface area (Å²) in [6.45, 7) is 4.25. The first-order valence-corrected chi connectivity index (χ1v) is 13.0. The second-order valence-electron chi connectivity index (χ2n) is 10.1. The Bertz CT molecular complexity index is 1510. The first-order valence-electron chi connectivity index (χ1n) is 13.0. The molecule has 2 fully saturated rings. The minimum absolute atomic E-state index is 0.331. The number of benzene rings is 2. The van der Waals surface area contributed by atoms with Crippen LogP contribution in [0.5, 0.6) is 0 Å². The highest BCUT2D eigenvalue weighted by atomic mass is 15.0. The number of aryl methyl sites for hydroxylation is 1. The molecule has 0 saturated carbocycles. The molecule has 5 heterocycles. The van der Waals surface area contributed by atoms with Crippen LogP contribution in [0.4, 0.5) is 0 Å². The van der Waals surface area contributed by atoms with Crippen molar-refractivity contribution in [1.29, 1.82) is 0 Å². The van der Waals surface area contributed by atoms with Crippen molar-refractivity contribution < 1.29 is 0 Å². The van der Waals surface area contributed by atoms with Crippen LogP contribution in [-0.4, -0.2) is 38.0 Å². The number of nitrogens with zero attached hydrogens (tertiary/aromatic N) is 2. The molecule has 3 aromatic heterocycles. The number of hydrogen-bond acceptors (Lipinski definition) is 4. The lowest BCUT2D eigenvalue weighted by Crippen LogP contribution is -2.14. The van der Waals surface area contributed by atoms with Gasteiger partial charge in [0.1, 0.15) is 11.6 Å². The quantitative estimate of drug-likeness (QED) is 0.222. The summed E-state index contributed by atoms with van der Waals surface area (Å²) in [5, 5.41) is 8.27. The number of H-pyrrole nitrogens is 3. The second kappa shape index (κ2) is 8.76. The van der Waals surface area contributed by atoms with Crippen molar-refractivity contribution in [2.45, 2.75) is 44.7 Å². The Kier molecular flexibility index (Phi) is 5.26. The minimum Gasteiger partial charge on any atom is -0.358 e. The summed E-state index contributed by atoms with van der Waals surface area (Å²) in [6.07, 6.45) is 8.61. The van der Waals surface area contributed by atoms with Gasteiger partial charge in [-0.1, -0.05) is 36.4 Å². The van der Waals surface area contributed by atoms with Crippen LogP contribution in [0.2, 0.25) is 0 Å². The van der Waals surface area contributed by atoms with E-state index < -0.39 is 0 Å². The molecule has 0 amide bonds. The zero-order valence-corrected chi connectivity index (χ0v) is 20.5. The number of fused-ring (bicyclic) bond motifs is 1. The van der Waals surface area contributed by atoms with Crippen molar-refractivity contribution >= 4 is 10.9 Å². The number of aromatic amines is 3. The largest absolute Gasteiger partial charge is 0.358 e. The molecule has 0 radical (unpaired) electrons. The van der Waals surface area contributed by atoms with Gasteiger partial charge in [0, 0.05) is 16.6 Å². The van der Waals surface area contributed by atoms with E-state index >= 15 is 0 Å². The maximum Gasteiger partial charge on any atom is 0.123 e. The topological polar surface area (TPSA) is 97.2 Å². The van der Waals surface area contributed by atoms with Crippen LogP contribution in [0.15, 0.2) is 54.9 Å². The number of hydrogen-bond donors (Lipinski definition) is 5. The average molecular weight is 478 g/mol. The van der Waals surface area contributed by atoms with Gasteiger partial charge in [0.15, 0.2) is 0 Å². The fourth-order valence-corrected chi connectivity index (χ4v) is 5.81. The van der Waals surface area contributed by atoms with Crippen LogP contribution in [0.1, 0.15) is 55.1 Å². The Labute approximate surface area is 210 Å². The van der Waals surface area contributed by atoms with Gasteiger partial charge in [-0.3, -0.25) is 0 Å². The average Bonchev–Trinajstić information content (AvgIpc) is 3.73. The summed E-state index contributed by atoms with van der Waals surface area (Å²) in [7, 11) is 0. The van der Waals surface area contributed by atoms with Gasteiger partial charge in [-0.05, 0) is 68.5 Å². The summed E-state index contributed by atoms with van der Waals surface area (Å²) in [5.41, 5.74) is 9.15. The molecular formula is C29H31N7. The molecule has 5 N–H and O–H groups in total. The third-order valence-corrected chi connectivity index (χ3v) is 7.70. The molecule has 0 aliphatic carbocycles. The van der Waals surface area contributed by atoms with Crippen molar-refractivity contribution in [3.8, 4) is 33.6 Å². The molecule has 0 spiro atoms. The van der Waals surface area contributed by atoms with Crippen molar-refractivity contribution in [1.82, 2.24) is 35.6 Å². The van der Waals surface area contributed by atoms with E-state index in [1.165, 1.54) is 29.4 Å². The SMILES string of the molecule is Cc1cc2c(-c3ccc(-c4cnc(C5CCCN5)[nH]4)cc3)ccc(-c3cnc(C4CCCN4)[nH]3)c2[nH]1. The third-order valence-electron chi connectivity index (χ3n) is 7.70. The van der Waals surface area contributed by atoms with E-state index in [9.17, 15) is 0 Å². The highest BCUT2D eigenvalue weighted by Gasteiger charge is 2.21. The molecule has 2 aliphatic rings. The number of rotatable bonds is 5. The lowest BCUT2D eigenvalue weighted by Gasteiger charge is -2.09. The zero-order chi connectivity index (χ0) is 24.1. The summed E-state index contributed by atoms with van der Waals surface area (Å²) >= 11 is 0. The molecule has 2 aliphatic heterocycles. The van der Waals surface area contributed by atoms with Gasteiger partial charge < -0.3 is 25.6 Å². The van der Waals surface area contributed by atoms with E-state index in [0.717, 1.165) is 71.3 Å². The summed E-state index contributed by atoms with van der Waals surface area (Å²) in [4.78, 5) is 20.0. The molecule has 2 aromatic carbocycles. The molecule has 7 rings (SSSR count). The first kappa shape index (κ1) is 21.6. The molecule has 0 bridgehead atoms. The maximum absolute atomic E-state index is 4.69. The first-order chi connectivity index (χ1) is 17.7. The van der Waals surface area contributed by atoms with Gasteiger partial charge in [0.25, 0.3) is 0 Å². The zero-order valence-electron chi connectivity index (χ0n) is 20.5. The fraction of sp³-hybridized carbons (Fsp3) is 0.310. The Balaban J connectivity index is 1.21. The Morgan fingerprint density at radius 1 is 0.694 bits per heavy atom. The van der Waals surface area contributed by atoms with Crippen LogP contribution in [0.3, 0.4) is 0 Å². The molecule has 2 saturated heterocycles. The Hall–Kier alpha value is -3.68. The number of nitrogens with one attached hydrogen (secondary N) is 5. The Morgan fingerprint density at radius 3 is 1.97 bits per heavy atom. The predicted molar refractivity (Wildman–Crippen MR) is 144 cm³/mol. The standard InChI is InChI=1S/C29H31N7/c1-17-14-22-20(10-11-21(27(22)34-17)26-16-33-29(36-26)24-5-3-13-31-24)18-6-8-19(9-7-18)25-15-32-28(35-25)23-4-2-12-30-23/h6-11,14-16,23-24,30-31,34H,2-5,12-13H2,1H3,(H,32,35)(H,33,36). The lowest BCUT2D eigenvalue weighted by molar-refractivity contribution is 0.613. The van der Waals surface area contributed by atoms with E-state index in [2.05, 4.69) is 80.0 Å². The third kappa shape index (κ3) is 3.75. The van der Waals surface area contributed by atoms with Crippen LogP contribution in [-0.2, 0) is 0 Å². The molecule has 36 heavy (non-hydrogen) atoms. The lowest BCUT2D eigenvalue weighted by atomic mass is 9.97. The van der Waals surface area contributed by atoms with Gasteiger partial charge in [0.05, 0.1) is 41.4 Å². The van der Waals surface area contributed by atoms with Crippen molar-refractivity contribution in [2.24, 2.45) is 0 Å². The van der Waals surface area contributed by atoms with Crippen LogP contribution in [0, 0.1) is 6.92 Å². The summed E-state index contributed by atoms with van der Waals surface area (Å²) < 4.78 is 0. The van der Waals surface area contributed by atoms with E-state index in [-0.39, 0.29) is 0 Å². The number of imidazole rings is 2. The van der Waals surface area contributed by atoms with Crippen LogP contribution < -0.4 is 10.6 Å². The molecular weight excluding hydrogens is 446 g/mol. The fourth-order valence-electron chi connectivity index (χ4n) is 5.81. The second-order valence-corrected chi connectivity index (χ2v) is 10.1.